The average molecular weight is 457 g/mol. The third-order valence-corrected chi connectivity index (χ3v) is 6.81. The lowest BCUT2D eigenvalue weighted by molar-refractivity contribution is -0.138. The van der Waals surface area contributed by atoms with Crippen LogP contribution in [0.1, 0.15) is 41.6 Å². The maximum atomic E-state index is 14.9. The molecule has 4 nitrogen and oxygen atoms in total. The second-order valence-corrected chi connectivity index (χ2v) is 8.89. The van der Waals surface area contributed by atoms with Crippen molar-refractivity contribution >= 4 is 34.9 Å². The number of nitrogens with zero attached hydrogens (tertiary/aromatic N) is 1. The van der Waals surface area contributed by atoms with Crippen LogP contribution in [-0.4, -0.2) is 16.1 Å². The van der Waals surface area contributed by atoms with Gasteiger partial charge in [0.05, 0.1) is 23.8 Å². The molecule has 1 saturated carbocycles. The Morgan fingerprint density at radius 1 is 1.13 bits per heavy atom. The largest absolute Gasteiger partial charge is 0.481 e. The summed E-state index contributed by atoms with van der Waals surface area (Å²) in [6.45, 7) is 0. The van der Waals surface area contributed by atoms with Gasteiger partial charge in [0.25, 0.3) is 0 Å². The van der Waals surface area contributed by atoms with Gasteiger partial charge in [0.2, 0.25) is 0 Å². The van der Waals surface area contributed by atoms with Gasteiger partial charge < -0.3 is 10.4 Å². The summed E-state index contributed by atoms with van der Waals surface area (Å²) >= 11 is 12.8. The van der Waals surface area contributed by atoms with Crippen LogP contribution in [-0.2, 0) is 11.2 Å². The van der Waals surface area contributed by atoms with Crippen LogP contribution in [0.4, 0.5) is 10.1 Å². The Kier molecular flexibility index (Phi) is 5.11. The van der Waals surface area contributed by atoms with Gasteiger partial charge in [0, 0.05) is 32.8 Å². The molecule has 7 heteroatoms. The molecule has 3 atom stereocenters. The minimum Gasteiger partial charge on any atom is -0.481 e. The Hall–Kier alpha value is -2.63. The van der Waals surface area contributed by atoms with Gasteiger partial charge in [-0.3, -0.25) is 9.78 Å². The number of anilines is 1. The molecule has 0 spiro atoms. The first kappa shape index (κ1) is 20.3. The van der Waals surface area contributed by atoms with E-state index in [0.29, 0.717) is 28.5 Å². The second-order valence-electron chi connectivity index (χ2n) is 8.08. The third-order valence-electron chi connectivity index (χ3n) is 6.18. The van der Waals surface area contributed by atoms with E-state index in [-0.39, 0.29) is 23.7 Å². The average Bonchev–Trinajstić information content (AvgIpc) is 3.44. The van der Waals surface area contributed by atoms with Crippen molar-refractivity contribution < 1.29 is 14.3 Å². The lowest BCUT2D eigenvalue weighted by Gasteiger charge is -2.18. The van der Waals surface area contributed by atoms with E-state index in [0.717, 1.165) is 34.5 Å². The van der Waals surface area contributed by atoms with Gasteiger partial charge in [-0.2, -0.15) is 0 Å². The van der Waals surface area contributed by atoms with Gasteiger partial charge in [-0.1, -0.05) is 35.3 Å². The highest BCUT2D eigenvalue weighted by Crippen LogP contribution is 2.47. The van der Waals surface area contributed by atoms with E-state index in [1.165, 1.54) is 6.07 Å². The Morgan fingerprint density at radius 3 is 2.55 bits per heavy atom. The zero-order valence-electron chi connectivity index (χ0n) is 16.4. The number of pyridine rings is 1. The van der Waals surface area contributed by atoms with Crippen LogP contribution < -0.4 is 5.32 Å². The third kappa shape index (κ3) is 3.66. The number of carboxylic acid groups (broad SMARTS) is 1. The van der Waals surface area contributed by atoms with Gasteiger partial charge in [-0.15, -0.1) is 0 Å². The predicted molar refractivity (Wildman–Crippen MR) is 119 cm³/mol. The van der Waals surface area contributed by atoms with Crippen molar-refractivity contribution in [1.29, 1.82) is 0 Å². The van der Waals surface area contributed by atoms with E-state index in [2.05, 4.69) is 10.3 Å². The first-order valence-electron chi connectivity index (χ1n) is 10.1. The molecule has 0 radical (unpaired) electrons. The summed E-state index contributed by atoms with van der Waals surface area (Å²) in [6, 6.07) is 12.1. The van der Waals surface area contributed by atoms with Crippen LogP contribution in [0.2, 0.25) is 10.0 Å². The zero-order valence-corrected chi connectivity index (χ0v) is 17.9. The van der Waals surface area contributed by atoms with Crippen LogP contribution in [0.5, 0.6) is 0 Å². The second kappa shape index (κ2) is 7.81. The number of halogens is 3. The molecule has 1 aromatic heterocycles. The van der Waals surface area contributed by atoms with E-state index in [1.54, 1.807) is 30.5 Å². The van der Waals surface area contributed by atoms with E-state index >= 15 is 0 Å². The molecular formula is C24H19Cl2FN2O2. The van der Waals surface area contributed by atoms with E-state index in [1.807, 2.05) is 12.1 Å². The fraction of sp³-hybridized carbons (Fsp3) is 0.250. The summed E-state index contributed by atoms with van der Waals surface area (Å²) < 4.78 is 14.9. The summed E-state index contributed by atoms with van der Waals surface area (Å²) in [4.78, 5) is 15.5. The van der Waals surface area contributed by atoms with Gasteiger partial charge in [-0.25, -0.2) is 4.39 Å². The van der Waals surface area contributed by atoms with Crippen molar-refractivity contribution in [3.63, 3.8) is 0 Å². The smallest absolute Gasteiger partial charge is 0.307 e. The van der Waals surface area contributed by atoms with Crippen molar-refractivity contribution in [1.82, 2.24) is 4.98 Å². The molecule has 0 amide bonds. The number of carboxylic acids is 1. The maximum absolute atomic E-state index is 14.9. The highest BCUT2D eigenvalue weighted by molar-refractivity contribution is 6.39. The Bertz CT molecular complexity index is 1160. The summed E-state index contributed by atoms with van der Waals surface area (Å²) in [7, 11) is 0. The normalized spacial score (nSPS) is 21.6. The number of aromatic nitrogens is 1. The molecule has 2 aliphatic carbocycles. The number of aliphatic carboxylic acids is 1. The predicted octanol–water partition coefficient (Wildman–Crippen LogP) is 6.48. The highest BCUT2D eigenvalue weighted by atomic mass is 35.5. The molecular weight excluding hydrogens is 438 g/mol. The monoisotopic (exact) mass is 456 g/mol. The molecule has 1 fully saturated rings. The summed E-state index contributed by atoms with van der Waals surface area (Å²) in [5.41, 5.74) is 4.69. The molecule has 0 aliphatic heterocycles. The fourth-order valence-corrected chi connectivity index (χ4v) is 5.16. The molecule has 2 N–H and O–H groups in total. The number of hydrogen-bond donors (Lipinski definition) is 2. The molecule has 31 heavy (non-hydrogen) atoms. The lowest BCUT2D eigenvalue weighted by Crippen LogP contribution is -2.09. The van der Waals surface area contributed by atoms with Crippen LogP contribution in [0.3, 0.4) is 0 Å². The number of rotatable bonds is 5. The SMILES string of the molecule is O=C(O)[C@H]1C[C@@H]1c1ccc(N[C@@H]2CCc3c(-c4c(Cl)cccc4Cl)ccc(F)c32)cn1. The van der Waals surface area contributed by atoms with E-state index in [9.17, 15) is 9.18 Å². The minimum atomic E-state index is -0.776. The van der Waals surface area contributed by atoms with Gasteiger partial charge >= 0.3 is 5.97 Å². The maximum Gasteiger partial charge on any atom is 0.307 e. The van der Waals surface area contributed by atoms with Crippen molar-refractivity contribution in [3.05, 3.63) is 81.3 Å². The number of benzene rings is 2. The van der Waals surface area contributed by atoms with Crippen molar-refractivity contribution in [2.75, 3.05) is 5.32 Å². The minimum absolute atomic E-state index is 0.0147. The highest BCUT2D eigenvalue weighted by Gasteiger charge is 2.45. The summed E-state index contributed by atoms with van der Waals surface area (Å²) in [5.74, 6) is -1.39. The summed E-state index contributed by atoms with van der Waals surface area (Å²) in [5, 5.41) is 13.6. The van der Waals surface area contributed by atoms with Gasteiger partial charge in [0.1, 0.15) is 5.82 Å². The first-order valence-corrected chi connectivity index (χ1v) is 10.9. The number of carbonyl (C=O) groups is 1. The Labute approximate surface area is 189 Å². The zero-order chi connectivity index (χ0) is 21.7. The molecule has 1 heterocycles. The van der Waals surface area contributed by atoms with Crippen LogP contribution in [0, 0.1) is 11.7 Å². The molecule has 0 bridgehead atoms. The molecule has 2 aromatic carbocycles. The van der Waals surface area contributed by atoms with Crippen molar-refractivity contribution in [3.8, 4) is 11.1 Å². The molecule has 2 aliphatic rings. The van der Waals surface area contributed by atoms with Crippen LogP contribution >= 0.6 is 23.2 Å². The quantitative estimate of drug-likeness (QED) is 0.460. The van der Waals surface area contributed by atoms with Gasteiger partial charge in [-0.05, 0) is 60.7 Å². The first-order chi connectivity index (χ1) is 14.9. The van der Waals surface area contributed by atoms with E-state index < -0.39 is 5.97 Å². The number of hydrogen-bond acceptors (Lipinski definition) is 3. The number of fused-ring (bicyclic) bond motifs is 1. The fourth-order valence-electron chi connectivity index (χ4n) is 4.55. The van der Waals surface area contributed by atoms with E-state index in [4.69, 9.17) is 28.3 Å². The van der Waals surface area contributed by atoms with Crippen molar-refractivity contribution in [2.24, 2.45) is 5.92 Å². The van der Waals surface area contributed by atoms with Crippen molar-refractivity contribution in [2.45, 2.75) is 31.2 Å². The number of nitrogens with one attached hydrogen (secondary N) is 1. The van der Waals surface area contributed by atoms with Crippen LogP contribution in [0.25, 0.3) is 11.1 Å². The Balaban J connectivity index is 1.42. The summed E-state index contributed by atoms with van der Waals surface area (Å²) in [6.07, 6.45) is 3.76. The van der Waals surface area contributed by atoms with Gasteiger partial charge in [0.15, 0.2) is 0 Å². The topological polar surface area (TPSA) is 62.2 Å². The molecule has 0 saturated heterocycles. The molecule has 0 unspecified atom stereocenters. The lowest BCUT2D eigenvalue weighted by atomic mass is 9.95. The Morgan fingerprint density at radius 2 is 1.90 bits per heavy atom. The standard InChI is InChI=1S/C24H19Cl2FN2O2/c25-17-2-1-3-18(26)22(17)13-5-7-19(27)23-14(13)6-9-21(23)29-12-4-8-20(28-11-12)15-10-16(15)24(30)31/h1-5,7-8,11,15-16,21,29H,6,9-10H2,(H,30,31)/t15-,16-,21+/m0/s1. The molecule has 158 valence electrons. The molecule has 3 aromatic rings. The molecule has 5 rings (SSSR count). The van der Waals surface area contributed by atoms with Crippen LogP contribution in [0.15, 0.2) is 48.7 Å².